The van der Waals surface area contributed by atoms with Gasteiger partial charge >= 0.3 is 0 Å². The molecule has 0 atom stereocenters. The van der Waals surface area contributed by atoms with Crippen molar-refractivity contribution in [3.8, 4) is 55.6 Å². The smallest absolute Gasteiger partial charge is 0.161 e. The fraction of sp³-hybridized carbons (Fsp3) is 0.0308. The predicted octanol–water partition coefficient (Wildman–Crippen LogP) is 15.8. The largest absolute Gasteiger partial charge is 0.261 e. The van der Waals surface area contributed by atoms with Gasteiger partial charge in [0.1, 0.15) is 0 Å². The highest BCUT2D eigenvalue weighted by molar-refractivity contribution is 6.14. The van der Waals surface area contributed by atoms with Crippen LogP contribution in [-0.2, 0) is 12.0 Å². The summed E-state index contributed by atoms with van der Waals surface area (Å²) in [5.74, 6) is 1.05. The van der Waals surface area contributed by atoms with Crippen LogP contribution in [-0.4, -0.2) is 18.4 Å². The van der Waals surface area contributed by atoms with E-state index in [4.69, 9.17) is 9.98 Å². The Bertz CT molecular complexity index is 3300. The molecule has 3 heteroatoms. The van der Waals surface area contributed by atoms with Crippen LogP contribution in [0.1, 0.15) is 38.9 Å². The summed E-state index contributed by atoms with van der Waals surface area (Å²) < 4.78 is 0. The van der Waals surface area contributed by atoms with E-state index in [1.54, 1.807) is 0 Å². The maximum atomic E-state index is 5.52. The second-order valence-electron chi connectivity index (χ2n) is 17.2. The van der Waals surface area contributed by atoms with Crippen molar-refractivity contribution in [1.82, 2.24) is 0 Å². The molecule has 0 aliphatic heterocycles. The molecule has 0 amide bonds. The number of hydrogen-bond acceptors (Lipinski definition) is 1. The molecule has 0 saturated carbocycles. The van der Waals surface area contributed by atoms with Crippen LogP contribution >= 0.6 is 0 Å². The highest BCUT2D eigenvalue weighted by atomic mass is 15.0. The Balaban J connectivity index is 1.11. The minimum Gasteiger partial charge on any atom is -0.261 e. The number of aliphatic imine (C=N–C) groups is 3. The minimum absolute atomic E-state index is 0.377. The van der Waals surface area contributed by atoms with Crippen LogP contribution < -0.4 is 0 Å². The van der Waals surface area contributed by atoms with Crippen LogP contribution in [0, 0.1) is 0 Å². The van der Waals surface area contributed by atoms with Crippen LogP contribution in [0.5, 0.6) is 0 Å². The van der Waals surface area contributed by atoms with E-state index in [0.717, 1.165) is 61.2 Å². The van der Waals surface area contributed by atoms with Crippen molar-refractivity contribution < 1.29 is 0 Å². The molecule has 0 saturated heterocycles. The number of benzene rings is 10. The summed E-state index contributed by atoms with van der Waals surface area (Å²) in [5.41, 5.74) is 18.4. The highest BCUT2D eigenvalue weighted by Gasteiger charge is 2.46. The van der Waals surface area contributed by atoms with E-state index in [0.29, 0.717) is 18.2 Å². The van der Waals surface area contributed by atoms with Crippen LogP contribution in [0.2, 0.25) is 0 Å². The third-order valence-electron chi connectivity index (χ3n) is 13.1. The Kier molecular flexibility index (Phi) is 11.5. The Morgan fingerprint density at radius 2 is 0.721 bits per heavy atom. The molecule has 11 rings (SSSR count). The van der Waals surface area contributed by atoms with E-state index < -0.39 is 5.41 Å². The van der Waals surface area contributed by atoms with Gasteiger partial charge in [-0.05, 0) is 127 Å². The summed E-state index contributed by atoms with van der Waals surface area (Å²) in [6, 6.07) is 92.8. The number of amidine groups is 2. The van der Waals surface area contributed by atoms with Gasteiger partial charge in [0.2, 0.25) is 0 Å². The van der Waals surface area contributed by atoms with Gasteiger partial charge in [-0.25, -0.2) is 9.98 Å². The maximum absolute atomic E-state index is 5.52. The molecule has 0 radical (unpaired) electrons. The molecule has 0 unspecified atom stereocenters. The summed E-state index contributed by atoms with van der Waals surface area (Å²) in [7, 11) is 0. The minimum atomic E-state index is -0.524. The molecule has 68 heavy (non-hydrogen) atoms. The van der Waals surface area contributed by atoms with E-state index in [1.807, 2.05) is 12.1 Å². The van der Waals surface area contributed by atoms with Gasteiger partial charge in [0, 0.05) is 11.1 Å². The van der Waals surface area contributed by atoms with Crippen molar-refractivity contribution in [2.24, 2.45) is 15.0 Å². The lowest BCUT2D eigenvalue weighted by molar-refractivity contribution is 0.766. The standard InChI is InChI=1S/C65H47N3/c1-66-63(55-41-51(47-22-8-2-9-23-47)39-52(42-55)48-24-10-3-11-25-48)68-64(56-43-53(49-26-12-4-13-27-49)40-54(44-56)50-28-14-5-15-29-50)67-45-46-36-37-60-59-34-20-21-35-61(59)65(62(60)38-46,57-30-16-6-17-31-57)58-32-18-7-19-33-58/h2-44H,1,45H2. The zero-order valence-corrected chi connectivity index (χ0v) is 37.6. The third-order valence-corrected chi connectivity index (χ3v) is 13.1. The first kappa shape index (κ1) is 41.9. The number of rotatable bonds is 10. The first-order chi connectivity index (χ1) is 33.7. The fourth-order valence-electron chi connectivity index (χ4n) is 9.94. The van der Waals surface area contributed by atoms with E-state index in [-0.39, 0.29) is 0 Å². The van der Waals surface area contributed by atoms with E-state index in [1.165, 1.54) is 33.4 Å². The molecule has 0 heterocycles. The Morgan fingerprint density at radius 1 is 0.338 bits per heavy atom. The summed E-state index contributed by atoms with van der Waals surface area (Å²) in [6.07, 6.45) is 0. The van der Waals surface area contributed by atoms with Gasteiger partial charge in [0.05, 0.1) is 12.0 Å². The molecule has 10 aromatic rings. The fourth-order valence-corrected chi connectivity index (χ4v) is 9.94. The topological polar surface area (TPSA) is 37.1 Å². The Morgan fingerprint density at radius 3 is 1.16 bits per heavy atom. The highest BCUT2D eigenvalue weighted by Crippen LogP contribution is 2.56. The SMILES string of the molecule is C=NC(=NC(=NCc1ccc2c(c1)C(c1ccccc1)(c1ccccc1)c1ccccc1-2)c1cc(-c2ccccc2)cc(-c2ccccc2)c1)c1cc(-c2ccccc2)cc(-c2ccccc2)c1. The van der Waals surface area contributed by atoms with Gasteiger partial charge in [-0.1, -0.05) is 224 Å². The average molecular weight is 870 g/mol. The lowest BCUT2D eigenvalue weighted by Crippen LogP contribution is -2.28. The van der Waals surface area contributed by atoms with E-state index >= 15 is 0 Å². The molecule has 0 spiro atoms. The van der Waals surface area contributed by atoms with Gasteiger partial charge in [0.15, 0.2) is 11.7 Å². The average Bonchev–Trinajstić information content (AvgIpc) is 3.72. The van der Waals surface area contributed by atoms with Crippen molar-refractivity contribution in [3.05, 3.63) is 300 Å². The molecular weight excluding hydrogens is 823 g/mol. The molecule has 10 aromatic carbocycles. The Hall–Kier alpha value is -8.79. The first-order valence-electron chi connectivity index (χ1n) is 23.1. The molecule has 3 nitrogen and oxygen atoms in total. The van der Waals surface area contributed by atoms with Gasteiger partial charge in [-0.15, -0.1) is 0 Å². The van der Waals surface area contributed by atoms with E-state index in [9.17, 15) is 0 Å². The molecule has 1 aliphatic carbocycles. The molecule has 0 N–H and O–H groups in total. The lowest BCUT2D eigenvalue weighted by atomic mass is 9.67. The van der Waals surface area contributed by atoms with Gasteiger partial charge in [0.25, 0.3) is 0 Å². The van der Waals surface area contributed by atoms with Crippen molar-refractivity contribution in [2.45, 2.75) is 12.0 Å². The van der Waals surface area contributed by atoms with Crippen LogP contribution in [0.3, 0.4) is 0 Å². The number of fused-ring (bicyclic) bond motifs is 3. The van der Waals surface area contributed by atoms with Gasteiger partial charge in [-0.3, -0.25) is 4.99 Å². The number of hydrogen-bond donors (Lipinski definition) is 0. The summed E-state index contributed by atoms with van der Waals surface area (Å²) in [5, 5.41) is 0. The van der Waals surface area contributed by atoms with Gasteiger partial charge < -0.3 is 0 Å². The Labute approximate surface area is 398 Å². The zero-order valence-electron chi connectivity index (χ0n) is 37.6. The van der Waals surface area contributed by atoms with Crippen LogP contribution in [0.4, 0.5) is 0 Å². The summed E-state index contributed by atoms with van der Waals surface area (Å²) in [6.45, 7) is 4.51. The number of nitrogens with zero attached hydrogens (tertiary/aromatic N) is 3. The van der Waals surface area contributed by atoms with Crippen LogP contribution in [0.25, 0.3) is 55.6 Å². The normalized spacial score (nSPS) is 12.8. The van der Waals surface area contributed by atoms with Crippen molar-refractivity contribution >= 4 is 18.4 Å². The molecule has 0 aromatic heterocycles. The lowest BCUT2D eigenvalue weighted by Gasteiger charge is -2.34. The second kappa shape index (κ2) is 18.6. The summed E-state index contributed by atoms with van der Waals surface area (Å²) in [4.78, 5) is 15.7. The quantitative estimate of drug-likeness (QED) is 0.0970. The maximum Gasteiger partial charge on any atom is 0.161 e. The monoisotopic (exact) mass is 869 g/mol. The van der Waals surface area contributed by atoms with Crippen LogP contribution in [0.15, 0.2) is 276 Å². The molecule has 322 valence electrons. The molecular formula is C65H47N3. The molecule has 1 aliphatic rings. The van der Waals surface area contributed by atoms with Crippen molar-refractivity contribution in [2.75, 3.05) is 0 Å². The predicted molar refractivity (Wildman–Crippen MR) is 285 cm³/mol. The summed E-state index contributed by atoms with van der Waals surface area (Å²) >= 11 is 0. The molecule has 0 bridgehead atoms. The second-order valence-corrected chi connectivity index (χ2v) is 17.2. The zero-order chi connectivity index (χ0) is 45.7. The third kappa shape index (κ3) is 8.01. The van der Waals surface area contributed by atoms with E-state index in [2.05, 4.69) is 260 Å². The van der Waals surface area contributed by atoms with Crippen molar-refractivity contribution in [3.63, 3.8) is 0 Å². The molecule has 0 fully saturated rings. The first-order valence-corrected chi connectivity index (χ1v) is 23.1. The van der Waals surface area contributed by atoms with Crippen molar-refractivity contribution in [1.29, 1.82) is 0 Å². The van der Waals surface area contributed by atoms with Gasteiger partial charge in [-0.2, -0.15) is 0 Å².